The lowest BCUT2D eigenvalue weighted by molar-refractivity contribution is -0.00688. The van der Waals surface area contributed by atoms with Crippen molar-refractivity contribution in [3.63, 3.8) is 0 Å². The van der Waals surface area contributed by atoms with Crippen LogP contribution in [-0.2, 0) is 36.1 Å². The minimum Gasteiger partial charge on any atom is -0.488 e. The van der Waals surface area contributed by atoms with Crippen LogP contribution in [0.1, 0.15) is 74.3 Å². The predicted octanol–water partition coefficient (Wildman–Crippen LogP) is 8.52. The smallest absolute Gasteiger partial charge is 0.312 e. The highest BCUT2D eigenvalue weighted by Crippen LogP contribution is 2.47. The zero-order valence-electron chi connectivity index (χ0n) is 33.0. The molecule has 10 nitrogen and oxygen atoms in total. The number of carbonyl (C=O) groups is 1. The maximum Gasteiger partial charge on any atom is 0.312 e. The number of ketones is 1. The molecule has 0 spiro atoms. The third-order valence-electron chi connectivity index (χ3n) is 10.4. The van der Waals surface area contributed by atoms with Crippen molar-refractivity contribution in [3.8, 4) is 28.4 Å². The van der Waals surface area contributed by atoms with E-state index in [0.29, 0.717) is 50.4 Å². The molecule has 0 saturated heterocycles. The first kappa shape index (κ1) is 39.9. The van der Waals surface area contributed by atoms with Gasteiger partial charge in [-0.15, -0.1) is 3.63 Å². The first-order valence-corrected chi connectivity index (χ1v) is 21.2. The zero-order valence-corrected chi connectivity index (χ0v) is 34.6. The molecule has 0 bridgehead atoms. The van der Waals surface area contributed by atoms with Crippen LogP contribution < -0.4 is 14.2 Å². The Labute approximate surface area is 334 Å². The van der Waals surface area contributed by atoms with E-state index in [4.69, 9.17) is 17.8 Å². The molecule has 57 heavy (non-hydrogen) atoms. The zero-order chi connectivity index (χ0) is 41.2. The molecule has 0 amide bonds. The summed E-state index contributed by atoms with van der Waals surface area (Å²) < 4.78 is 78.9. The van der Waals surface area contributed by atoms with E-state index in [1.54, 1.807) is 76.2 Å². The summed E-state index contributed by atoms with van der Waals surface area (Å²) in [5, 5.41) is 12.3. The van der Waals surface area contributed by atoms with Crippen LogP contribution in [0.4, 0.5) is 0 Å². The van der Waals surface area contributed by atoms with Crippen molar-refractivity contribution in [2.75, 3.05) is 6.61 Å². The van der Waals surface area contributed by atoms with E-state index in [0.717, 1.165) is 11.1 Å². The van der Waals surface area contributed by atoms with Crippen LogP contribution >= 0.6 is 0 Å². The molecule has 1 atom stereocenters. The summed E-state index contributed by atoms with van der Waals surface area (Å²) in [7, 11) is -9.65. The molecule has 7 rings (SSSR count). The molecule has 0 saturated carbocycles. The average molecular weight is 809 g/mol. The third kappa shape index (κ3) is 7.27. The minimum atomic E-state index is -4.89. The van der Waals surface area contributed by atoms with E-state index in [1.807, 2.05) is 70.2 Å². The van der Waals surface area contributed by atoms with E-state index in [9.17, 15) is 26.7 Å². The summed E-state index contributed by atoms with van der Waals surface area (Å²) in [6, 6.07) is 22.5. The fourth-order valence-electron chi connectivity index (χ4n) is 8.05. The number of carbonyl (C=O) groups excluding carboxylic acids is 1. The van der Waals surface area contributed by atoms with E-state index >= 15 is 0 Å². The minimum absolute atomic E-state index is 0.0828. The molecule has 12 heteroatoms. The van der Waals surface area contributed by atoms with Crippen LogP contribution in [0.2, 0.25) is 0 Å². The van der Waals surface area contributed by atoms with Gasteiger partial charge in [0.25, 0.3) is 0 Å². The SMILES string of the molecule is Cc1cc(C)c(S(=O)(=O)OS(=O)(=O)c2c(C)cc(C)c(-c3ccc(C4(O)COc5c(ccc6c5C=CC(C)(C)O6)C4=O)c(OCc4ccccc4)c3)c2C)c(C)c1. The van der Waals surface area contributed by atoms with E-state index in [2.05, 4.69) is 0 Å². The largest absolute Gasteiger partial charge is 0.488 e. The van der Waals surface area contributed by atoms with Gasteiger partial charge in [0.1, 0.15) is 45.9 Å². The first-order valence-electron chi connectivity index (χ1n) is 18.4. The van der Waals surface area contributed by atoms with Crippen molar-refractivity contribution < 1.29 is 44.6 Å². The summed E-state index contributed by atoms with van der Waals surface area (Å²) in [4.78, 5) is 13.8. The van der Waals surface area contributed by atoms with Gasteiger partial charge >= 0.3 is 20.2 Å². The molecule has 0 fully saturated rings. The number of hydrogen-bond acceptors (Lipinski definition) is 10. The Hall–Kier alpha value is -5.27. The van der Waals surface area contributed by atoms with E-state index in [1.165, 1.54) is 0 Å². The van der Waals surface area contributed by atoms with Crippen molar-refractivity contribution in [2.24, 2.45) is 0 Å². The summed E-state index contributed by atoms with van der Waals surface area (Å²) in [5.74, 6) is 0.448. The summed E-state index contributed by atoms with van der Waals surface area (Å²) in [5.41, 5.74) is 2.81. The number of ether oxygens (including phenoxy) is 3. The quantitative estimate of drug-likeness (QED) is 0.154. The standard InChI is InChI=1S/C45H44O10S2/c1-26-20-28(3)41(29(4)21-26)56(48,49)55-57(50,51)42-30(5)22-27(2)39(31(42)6)33-14-16-36(38(23-33)52-24-32-12-10-9-11-13-32)45(47)25-53-40-34-18-19-44(7,8)54-37(34)17-15-35(40)43(45)46/h9-23,47H,24-25H2,1-8H3. The maximum atomic E-state index is 14.3. The van der Waals surface area contributed by atoms with E-state index < -0.39 is 43.8 Å². The number of hydrogen-bond donors (Lipinski definition) is 1. The van der Waals surface area contributed by atoms with Crippen LogP contribution in [0.25, 0.3) is 17.2 Å². The molecule has 1 unspecified atom stereocenters. The highest BCUT2D eigenvalue weighted by Gasteiger charge is 2.47. The van der Waals surface area contributed by atoms with Crippen LogP contribution in [-0.4, -0.2) is 39.9 Å². The Kier molecular flexibility index (Phi) is 10.0. The Balaban J connectivity index is 1.32. The third-order valence-corrected chi connectivity index (χ3v) is 14.1. The second-order valence-electron chi connectivity index (χ2n) is 15.4. The summed E-state index contributed by atoms with van der Waals surface area (Å²) in [6.45, 7) is 13.5. The van der Waals surface area contributed by atoms with Gasteiger partial charge in [-0.25, -0.2) is 0 Å². The fourth-order valence-corrected chi connectivity index (χ4v) is 11.4. The second kappa shape index (κ2) is 14.3. The molecule has 0 radical (unpaired) electrons. The number of benzene rings is 5. The molecular weight excluding hydrogens is 765 g/mol. The average Bonchev–Trinajstić information content (AvgIpc) is 3.10. The molecule has 1 N–H and O–H groups in total. The Morgan fingerprint density at radius 1 is 0.772 bits per heavy atom. The van der Waals surface area contributed by atoms with Gasteiger partial charge in [-0.2, -0.15) is 16.8 Å². The second-order valence-corrected chi connectivity index (χ2v) is 18.6. The number of rotatable bonds is 9. The van der Waals surface area contributed by atoms with Crippen molar-refractivity contribution in [1.82, 2.24) is 0 Å². The molecule has 5 aromatic carbocycles. The van der Waals surface area contributed by atoms with Gasteiger partial charge in [-0.3, -0.25) is 4.79 Å². The van der Waals surface area contributed by atoms with E-state index in [-0.39, 0.29) is 38.8 Å². The van der Waals surface area contributed by atoms with Crippen LogP contribution in [0.5, 0.6) is 17.2 Å². The summed E-state index contributed by atoms with van der Waals surface area (Å²) >= 11 is 0. The molecule has 0 aromatic heterocycles. The maximum absolute atomic E-state index is 14.3. The predicted molar refractivity (Wildman–Crippen MR) is 217 cm³/mol. The monoisotopic (exact) mass is 808 g/mol. The van der Waals surface area contributed by atoms with Gasteiger partial charge < -0.3 is 19.3 Å². The molecule has 2 aliphatic rings. The molecule has 296 valence electrons. The van der Waals surface area contributed by atoms with Crippen LogP contribution in [0, 0.1) is 41.5 Å². The Morgan fingerprint density at radius 3 is 2.11 bits per heavy atom. The first-order chi connectivity index (χ1) is 26.7. The van der Waals surface area contributed by atoms with Crippen LogP contribution in [0.15, 0.2) is 94.7 Å². The normalized spacial score (nSPS) is 17.3. The molecule has 2 aliphatic heterocycles. The highest BCUT2D eigenvalue weighted by molar-refractivity contribution is 8.00. The summed E-state index contributed by atoms with van der Waals surface area (Å²) in [6.07, 6.45) is 3.73. The molecule has 0 aliphatic carbocycles. The number of aryl methyl sites for hydroxylation is 5. The lowest BCUT2D eigenvalue weighted by Crippen LogP contribution is -2.45. The number of aliphatic hydroxyl groups is 1. The topological polar surface area (TPSA) is 142 Å². The Bertz CT molecular complexity index is 2710. The van der Waals surface area contributed by atoms with Gasteiger partial charge in [0, 0.05) is 5.56 Å². The van der Waals surface area contributed by atoms with Gasteiger partial charge in [-0.1, -0.05) is 66.2 Å². The lowest BCUT2D eigenvalue weighted by Gasteiger charge is -2.36. The van der Waals surface area contributed by atoms with Crippen molar-refractivity contribution in [3.05, 3.63) is 141 Å². The van der Waals surface area contributed by atoms with Crippen molar-refractivity contribution in [1.29, 1.82) is 0 Å². The van der Waals surface area contributed by atoms with Gasteiger partial charge in [-0.05, 0) is 130 Å². The van der Waals surface area contributed by atoms with Gasteiger partial charge in [0.2, 0.25) is 5.78 Å². The van der Waals surface area contributed by atoms with Crippen LogP contribution in [0.3, 0.4) is 0 Å². The molecular formula is C45H44O10S2. The van der Waals surface area contributed by atoms with Crippen molar-refractivity contribution >= 4 is 32.1 Å². The van der Waals surface area contributed by atoms with Crippen molar-refractivity contribution in [2.45, 2.75) is 83.0 Å². The fraction of sp³-hybridized carbons (Fsp3) is 0.267. The molecule has 2 heterocycles. The number of fused-ring (bicyclic) bond motifs is 3. The number of Topliss-reactive ketones (excluding diaryl/α,β-unsaturated/α-hetero) is 1. The molecule has 5 aromatic rings. The highest BCUT2D eigenvalue weighted by atomic mass is 32.3. The van der Waals surface area contributed by atoms with Gasteiger partial charge in [0.15, 0.2) is 5.60 Å². The van der Waals surface area contributed by atoms with Gasteiger partial charge in [0.05, 0.1) is 11.1 Å². The Morgan fingerprint density at radius 2 is 1.42 bits per heavy atom. The lowest BCUT2D eigenvalue weighted by atomic mass is 9.82.